The van der Waals surface area contributed by atoms with Crippen molar-refractivity contribution in [3.63, 3.8) is 0 Å². The molecule has 4 atom stereocenters. The molecule has 0 spiro atoms. The van der Waals surface area contributed by atoms with Crippen molar-refractivity contribution in [2.24, 2.45) is 11.8 Å². The molecule has 0 bridgehead atoms. The molecule has 23 heavy (non-hydrogen) atoms. The Morgan fingerprint density at radius 2 is 2.52 bits per heavy atom. The summed E-state index contributed by atoms with van der Waals surface area (Å²) in [5, 5.41) is 4.20. The molecule has 0 aliphatic carbocycles. The number of benzene rings is 1. The maximum absolute atomic E-state index is 9.38. The molecule has 1 N–H and O–H groups in total. The van der Waals surface area contributed by atoms with Gasteiger partial charge in [0.25, 0.3) is 0 Å². The average Bonchev–Trinajstić information content (AvgIpc) is 2.85. The number of hydrogen-bond acceptors (Lipinski definition) is 4. The molecule has 0 saturated carbocycles. The first-order chi connectivity index (χ1) is 20.0. The Kier molecular flexibility index (Phi) is 1.25. The van der Waals surface area contributed by atoms with Gasteiger partial charge in [0.05, 0.1) is 29.8 Å². The number of nitrogens with zero attached hydrogens (tertiary/aromatic N) is 1. The van der Waals surface area contributed by atoms with E-state index in [1.54, 1.807) is 0 Å². The minimum atomic E-state index is -4.58. The zero-order chi connectivity index (χ0) is 36.7. The first-order valence-electron chi connectivity index (χ1n) is 17.8. The third-order valence-corrected chi connectivity index (χ3v) is 2.99. The Hall–Kier alpha value is -1.26. The number of piperidine rings is 1. The zero-order valence-electron chi connectivity index (χ0n) is 35.2. The van der Waals surface area contributed by atoms with Gasteiger partial charge in [-0.15, -0.1) is 0 Å². The monoisotopic (exact) mass is 342 g/mol. The van der Waals surface area contributed by atoms with Crippen LogP contribution >= 0.6 is 0 Å². The Balaban J connectivity index is 2.76. The zero-order valence-corrected chi connectivity index (χ0v) is 12.2. The second-order valence-corrected chi connectivity index (χ2v) is 4.58. The Morgan fingerprint density at radius 3 is 3.26 bits per heavy atom. The molecule has 1 fully saturated rings. The predicted octanol–water partition coefficient (Wildman–Crippen LogP) is 3.03. The van der Waals surface area contributed by atoms with E-state index in [1.165, 1.54) is 0 Å². The Labute approximate surface area is 171 Å². The number of fused-ring (bicyclic) bond motifs is 3. The fourth-order valence-electron chi connectivity index (χ4n) is 2.04. The van der Waals surface area contributed by atoms with Crippen molar-refractivity contribution in [3.05, 3.63) is 23.2 Å². The van der Waals surface area contributed by atoms with E-state index in [0.29, 0.717) is 6.92 Å². The van der Waals surface area contributed by atoms with Crippen LogP contribution in [0.3, 0.4) is 0 Å². The lowest BCUT2D eigenvalue weighted by Crippen LogP contribution is -2.48. The first-order valence-corrected chi connectivity index (χ1v) is 6.40. The molecule has 2 heterocycles. The van der Waals surface area contributed by atoms with Crippen LogP contribution in [0.5, 0.6) is 11.5 Å². The minimum absolute atomic E-state index is 0.341. The summed E-state index contributed by atoms with van der Waals surface area (Å²) in [4.78, 5) is -0.704. The lowest BCUT2D eigenvalue weighted by Gasteiger charge is -2.46. The minimum Gasteiger partial charge on any atom is -0.493 e. The van der Waals surface area contributed by atoms with Gasteiger partial charge in [-0.05, 0) is 54.1 Å². The molecular formula is C19H29NO3. The van der Waals surface area contributed by atoms with E-state index in [4.69, 9.17) is 39.7 Å². The number of methoxy groups -OCH3 is 2. The topological polar surface area (TPSA) is 41.9 Å². The highest BCUT2D eigenvalue weighted by Gasteiger charge is 2.38. The van der Waals surface area contributed by atoms with Crippen molar-refractivity contribution >= 4 is 0 Å². The highest BCUT2D eigenvalue weighted by molar-refractivity contribution is 5.49. The fraction of sp³-hybridized carbons (Fsp3) is 0.684. The normalized spacial score (nSPS) is 64.7. The van der Waals surface area contributed by atoms with Crippen LogP contribution in [0.25, 0.3) is 0 Å². The molecule has 0 amide bonds. The van der Waals surface area contributed by atoms with Crippen molar-refractivity contribution in [1.82, 2.24) is 4.90 Å². The van der Waals surface area contributed by atoms with Crippen LogP contribution in [-0.2, 0) is 6.37 Å². The predicted molar refractivity (Wildman–Crippen MR) is 91.1 cm³/mol. The van der Waals surface area contributed by atoms with Gasteiger partial charge < -0.3 is 14.6 Å². The van der Waals surface area contributed by atoms with Crippen molar-refractivity contribution in [1.29, 1.82) is 1.43 Å². The van der Waals surface area contributed by atoms with E-state index in [9.17, 15) is 1.37 Å². The molecule has 1 aromatic carbocycles. The second kappa shape index (κ2) is 6.70. The summed E-state index contributed by atoms with van der Waals surface area (Å²) in [6.45, 7) is -12.1. The molecule has 4 unspecified atom stereocenters. The second-order valence-electron chi connectivity index (χ2n) is 4.58. The molecule has 3 rings (SSSR count). The SMILES string of the molecule is [2H]OC1([2H])C([2H])([2H])C2([2H])c3c([2H])c(OC([2H])([2H])[2H])c(OC)c([2H])c3C([2H])([2H])C([2H])([2H])N2C([2H])([2H])C1([2H])C([2H])([2H])C([2H])(C)C([2H])([2H])[2H]. The Morgan fingerprint density at radius 1 is 1.65 bits per heavy atom. The van der Waals surface area contributed by atoms with E-state index < -0.39 is 109 Å². The summed E-state index contributed by atoms with van der Waals surface area (Å²) in [5.74, 6) is -10.5. The van der Waals surface area contributed by atoms with Crippen LogP contribution in [0.2, 0.25) is 0 Å². The lowest BCUT2D eigenvalue weighted by atomic mass is 9.79. The Bertz CT molecular complexity index is 1420. The molecule has 2 aliphatic rings. The molecule has 128 valence electrons. The van der Waals surface area contributed by atoms with Gasteiger partial charge in [-0.2, -0.15) is 0 Å². The number of ether oxygens (including phenoxy) is 2. The van der Waals surface area contributed by atoms with E-state index in [1.807, 2.05) is 0 Å². The van der Waals surface area contributed by atoms with Crippen LogP contribution in [0.15, 0.2) is 12.1 Å². The average molecular weight is 343 g/mol. The summed E-state index contributed by atoms with van der Waals surface area (Å²) >= 11 is 0. The maximum atomic E-state index is 9.38. The quantitative estimate of drug-likeness (QED) is 0.893. The maximum Gasteiger partial charge on any atom is 0.210 e. The standard InChI is InChI=1S/C19H29NO3/c1-12(2)7-14-11-20-6-5-13-8-18(22-3)19(23-4)9-15(13)16(20)10-17(14)21/h8-9,12,14,16-17,21H,5-7,10-11H2,1-4H3/i1D3,4D3,5D2,6D2,7D2,8D,9D,10D2,11D2,12D,14D,16D,17D,21D. The smallest absolute Gasteiger partial charge is 0.210 e. The largest absolute Gasteiger partial charge is 0.493 e. The van der Waals surface area contributed by atoms with Gasteiger partial charge in [0.15, 0.2) is 11.5 Å². The van der Waals surface area contributed by atoms with E-state index in [0.717, 1.165) is 7.11 Å². The van der Waals surface area contributed by atoms with Crippen molar-refractivity contribution in [2.75, 3.05) is 27.1 Å². The summed E-state index contributed by atoms with van der Waals surface area (Å²) in [7, 11) is -2.63. The summed E-state index contributed by atoms with van der Waals surface area (Å²) < 4.78 is 204. The van der Waals surface area contributed by atoms with Gasteiger partial charge in [0.2, 0.25) is 1.43 Å². The molecule has 4 nitrogen and oxygen atoms in total. The first kappa shape index (κ1) is 4.28. The van der Waals surface area contributed by atoms with Crippen LogP contribution in [0.1, 0.15) is 73.8 Å². The van der Waals surface area contributed by atoms with Crippen LogP contribution in [0.4, 0.5) is 0 Å². The van der Waals surface area contributed by atoms with Gasteiger partial charge >= 0.3 is 0 Å². The lowest BCUT2D eigenvalue weighted by molar-refractivity contribution is -0.0191. The number of aliphatic hydroxyl groups is 1. The van der Waals surface area contributed by atoms with Gasteiger partial charge in [0.1, 0.15) is 0 Å². The van der Waals surface area contributed by atoms with Crippen LogP contribution in [-0.4, -0.2) is 44.7 Å². The molecule has 4 heteroatoms. The fourth-order valence-corrected chi connectivity index (χ4v) is 2.04. The van der Waals surface area contributed by atoms with E-state index >= 15 is 0 Å². The third-order valence-electron chi connectivity index (χ3n) is 2.99. The summed E-state index contributed by atoms with van der Waals surface area (Å²) in [5.41, 5.74) is -2.92. The molecule has 2 aliphatic heterocycles. The van der Waals surface area contributed by atoms with Crippen molar-refractivity contribution in [2.45, 2.75) is 45.0 Å². The van der Waals surface area contributed by atoms with Crippen molar-refractivity contribution in [3.8, 4) is 11.5 Å². The van der Waals surface area contributed by atoms with E-state index in [-0.39, 0.29) is 0 Å². The van der Waals surface area contributed by atoms with E-state index in [2.05, 4.69) is 5.11 Å². The molecular weight excluding hydrogens is 290 g/mol. The molecule has 0 aromatic heterocycles. The molecule has 0 radical (unpaired) electrons. The molecule has 1 aromatic rings. The van der Waals surface area contributed by atoms with Gasteiger partial charge in [-0.25, -0.2) is 0 Å². The third kappa shape index (κ3) is 3.20. The highest BCUT2D eigenvalue weighted by atomic mass is 16.5. The number of hydrogen-bond donors (Lipinski definition) is 1. The van der Waals surface area contributed by atoms with Crippen LogP contribution < -0.4 is 9.47 Å². The van der Waals surface area contributed by atoms with Gasteiger partial charge in [-0.3, -0.25) is 4.90 Å². The highest BCUT2D eigenvalue weighted by Crippen LogP contribution is 2.43. The number of rotatable bonds is 5. The van der Waals surface area contributed by atoms with Crippen LogP contribution in [0, 0.1) is 11.8 Å². The van der Waals surface area contributed by atoms with Crippen molar-refractivity contribution < 1.29 is 44.7 Å². The summed E-state index contributed by atoms with van der Waals surface area (Å²) in [6.07, 6.45) is -17.1. The summed E-state index contributed by atoms with van der Waals surface area (Å²) in [6, 6.07) is -6.93. The van der Waals surface area contributed by atoms with Gasteiger partial charge in [0, 0.05) is 39.6 Å². The van der Waals surface area contributed by atoms with Gasteiger partial charge in [-0.1, -0.05) is 13.8 Å². The molecule has 1 saturated heterocycles.